The van der Waals surface area contributed by atoms with Crippen LogP contribution in [0.2, 0.25) is 0 Å². The summed E-state index contributed by atoms with van der Waals surface area (Å²) in [4.78, 5) is 24.8. The number of nitrogens with two attached hydrogens (primary N) is 1. The minimum Gasteiger partial charge on any atom is -0.453 e. The number of alkyl carbamates (subject to hydrolysis) is 1. The van der Waals surface area contributed by atoms with Crippen molar-refractivity contribution in [3.05, 3.63) is 0 Å². The first-order valence-corrected chi connectivity index (χ1v) is 6.48. The Hall–Kier alpha value is -1.30. The largest absolute Gasteiger partial charge is 0.453 e. The molecule has 1 aliphatic heterocycles. The van der Waals surface area contributed by atoms with Crippen molar-refractivity contribution in [2.75, 3.05) is 20.2 Å². The molecule has 1 aliphatic carbocycles. The van der Waals surface area contributed by atoms with Crippen molar-refractivity contribution in [1.29, 1.82) is 0 Å². The highest BCUT2D eigenvalue weighted by molar-refractivity contribution is 5.77. The average molecular weight is 255 g/mol. The number of carbonyl (C=O) groups is 2. The maximum Gasteiger partial charge on any atom is 0.407 e. The van der Waals surface area contributed by atoms with E-state index in [0.29, 0.717) is 25.4 Å². The van der Waals surface area contributed by atoms with Gasteiger partial charge in [-0.1, -0.05) is 0 Å². The number of carbonyl (C=O) groups excluding carboxylic acids is 2. The molecule has 1 saturated carbocycles. The summed E-state index contributed by atoms with van der Waals surface area (Å²) >= 11 is 0. The summed E-state index contributed by atoms with van der Waals surface area (Å²) in [6, 6.07) is 0.00339. The van der Waals surface area contributed by atoms with E-state index < -0.39 is 6.09 Å². The quantitative estimate of drug-likeness (QED) is 0.744. The second kappa shape index (κ2) is 5.56. The van der Waals surface area contributed by atoms with Crippen LogP contribution in [0, 0.1) is 5.92 Å². The van der Waals surface area contributed by atoms with Gasteiger partial charge < -0.3 is 20.7 Å². The number of hydrogen-bond acceptors (Lipinski definition) is 4. The molecule has 0 bridgehead atoms. The Labute approximate surface area is 107 Å². The minimum atomic E-state index is -0.441. The first-order chi connectivity index (χ1) is 8.60. The lowest BCUT2D eigenvalue weighted by Gasteiger charge is -2.19. The summed E-state index contributed by atoms with van der Waals surface area (Å²) < 4.78 is 4.54. The number of amides is 2. The van der Waals surface area contributed by atoms with Gasteiger partial charge in [0.1, 0.15) is 0 Å². The van der Waals surface area contributed by atoms with E-state index in [4.69, 9.17) is 5.73 Å². The highest BCUT2D eigenvalue weighted by atomic mass is 16.5. The fourth-order valence-corrected chi connectivity index (χ4v) is 2.35. The smallest absolute Gasteiger partial charge is 0.407 e. The summed E-state index contributed by atoms with van der Waals surface area (Å²) in [7, 11) is 1.34. The van der Waals surface area contributed by atoms with E-state index >= 15 is 0 Å². The third kappa shape index (κ3) is 3.35. The van der Waals surface area contributed by atoms with Crippen LogP contribution in [0.25, 0.3) is 0 Å². The average Bonchev–Trinajstić information content (AvgIpc) is 3.10. The molecular formula is C12H21N3O3. The van der Waals surface area contributed by atoms with Crippen LogP contribution < -0.4 is 11.1 Å². The van der Waals surface area contributed by atoms with E-state index in [9.17, 15) is 9.59 Å². The van der Waals surface area contributed by atoms with Crippen LogP contribution in [0.4, 0.5) is 4.79 Å². The molecule has 1 saturated heterocycles. The van der Waals surface area contributed by atoms with Gasteiger partial charge in [-0.05, 0) is 25.2 Å². The summed E-state index contributed by atoms with van der Waals surface area (Å²) in [6.45, 7) is 1.25. The van der Waals surface area contributed by atoms with Gasteiger partial charge in [0.15, 0.2) is 0 Å². The third-order valence-electron chi connectivity index (χ3n) is 3.69. The molecule has 6 heteroatoms. The lowest BCUT2D eigenvalue weighted by Crippen LogP contribution is -2.40. The lowest BCUT2D eigenvalue weighted by atomic mass is 10.1. The SMILES string of the molecule is COC(=O)NC1CCN(C(=O)CC(N)C2CC2)C1. The highest BCUT2D eigenvalue weighted by Crippen LogP contribution is 2.33. The molecule has 6 nitrogen and oxygen atoms in total. The van der Waals surface area contributed by atoms with Gasteiger partial charge in [0, 0.05) is 25.6 Å². The lowest BCUT2D eigenvalue weighted by molar-refractivity contribution is -0.130. The molecule has 2 rings (SSSR count). The van der Waals surface area contributed by atoms with Gasteiger partial charge in [-0.2, -0.15) is 0 Å². The van der Waals surface area contributed by atoms with Gasteiger partial charge >= 0.3 is 6.09 Å². The standard InChI is InChI=1S/C12H21N3O3/c1-18-12(17)14-9-4-5-15(7-9)11(16)6-10(13)8-2-3-8/h8-10H,2-7,13H2,1H3,(H,14,17). The van der Waals surface area contributed by atoms with Crippen LogP contribution in [0.15, 0.2) is 0 Å². The van der Waals surface area contributed by atoms with Crippen molar-refractivity contribution in [1.82, 2.24) is 10.2 Å². The summed E-state index contributed by atoms with van der Waals surface area (Å²) in [5, 5.41) is 2.72. The van der Waals surface area contributed by atoms with E-state index in [2.05, 4.69) is 10.1 Å². The van der Waals surface area contributed by atoms with Crippen LogP contribution in [-0.2, 0) is 9.53 Å². The van der Waals surface area contributed by atoms with E-state index in [0.717, 1.165) is 19.3 Å². The number of ether oxygens (including phenoxy) is 1. The van der Waals surface area contributed by atoms with Gasteiger partial charge in [-0.25, -0.2) is 4.79 Å². The first-order valence-electron chi connectivity index (χ1n) is 6.48. The van der Waals surface area contributed by atoms with E-state index in [1.165, 1.54) is 7.11 Å². The highest BCUT2D eigenvalue weighted by Gasteiger charge is 2.33. The van der Waals surface area contributed by atoms with Gasteiger partial charge in [-0.3, -0.25) is 4.79 Å². The minimum absolute atomic E-state index is 0.00134. The molecule has 0 aromatic heterocycles. The number of nitrogens with one attached hydrogen (secondary N) is 1. The Balaban J connectivity index is 1.73. The molecule has 2 unspecified atom stereocenters. The maximum atomic E-state index is 12.0. The fourth-order valence-electron chi connectivity index (χ4n) is 2.35. The molecule has 2 fully saturated rings. The van der Waals surface area contributed by atoms with Crippen molar-refractivity contribution >= 4 is 12.0 Å². The number of hydrogen-bond donors (Lipinski definition) is 2. The molecule has 2 amide bonds. The number of nitrogens with zero attached hydrogens (tertiary/aromatic N) is 1. The first kappa shape index (κ1) is 13.1. The molecule has 1 heterocycles. The van der Waals surface area contributed by atoms with Crippen molar-refractivity contribution in [3.63, 3.8) is 0 Å². The normalized spacial score (nSPS) is 24.8. The monoisotopic (exact) mass is 255 g/mol. The molecule has 18 heavy (non-hydrogen) atoms. The van der Waals surface area contributed by atoms with Gasteiger partial charge in [0.05, 0.1) is 13.2 Å². The predicted molar refractivity (Wildman–Crippen MR) is 65.8 cm³/mol. The molecule has 0 aromatic rings. The van der Waals surface area contributed by atoms with E-state index in [1.54, 1.807) is 4.90 Å². The van der Waals surface area contributed by atoms with E-state index in [-0.39, 0.29) is 18.0 Å². The molecular weight excluding hydrogens is 234 g/mol. The van der Waals surface area contributed by atoms with Crippen molar-refractivity contribution in [2.45, 2.75) is 37.8 Å². The fraction of sp³-hybridized carbons (Fsp3) is 0.833. The molecule has 3 N–H and O–H groups in total. The zero-order valence-corrected chi connectivity index (χ0v) is 10.7. The van der Waals surface area contributed by atoms with Crippen LogP contribution in [0.5, 0.6) is 0 Å². The Morgan fingerprint density at radius 3 is 2.78 bits per heavy atom. The van der Waals surface area contributed by atoms with Gasteiger partial charge in [-0.15, -0.1) is 0 Å². The third-order valence-corrected chi connectivity index (χ3v) is 3.69. The van der Waals surface area contributed by atoms with Crippen LogP contribution >= 0.6 is 0 Å². The maximum absolute atomic E-state index is 12.0. The zero-order valence-electron chi connectivity index (χ0n) is 10.7. The predicted octanol–water partition coefficient (Wildman–Crippen LogP) is 0.0707. The second-order valence-electron chi connectivity index (χ2n) is 5.17. The van der Waals surface area contributed by atoms with Crippen molar-refractivity contribution < 1.29 is 14.3 Å². The van der Waals surface area contributed by atoms with Crippen molar-refractivity contribution in [2.24, 2.45) is 11.7 Å². The van der Waals surface area contributed by atoms with Crippen LogP contribution in [-0.4, -0.2) is 49.2 Å². The zero-order chi connectivity index (χ0) is 13.1. The topological polar surface area (TPSA) is 84.7 Å². The second-order valence-corrected chi connectivity index (χ2v) is 5.17. The summed E-state index contributed by atoms with van der Waals surface area (Å²) in [6.07, 6.45) is 3.07. The van der Waals surface area contributed by atoms with Crippen LogP contribution in [0.1, 0.15) is 25.7 Å². The molecule has 2 atom stereocenters. The van der Waals surface area contributed by atoms with E-state index in [1.807, 2.05) is 0 Å². The Morgan fingerprint density at radius 1 is 1.44 bits per heavy atom. The molecule has 0 aromatic carbocycles. The molecule has 102 valence electrons. The van der Waals surface area contributed by atoms with Gasteiger partial charge in [0.2, 0.25) is 5.91 Å². The Kier molecular flexibility index (Phi) is 4.06. The summed E-state index contributed by atoms with van der Waals surface area (Å²) in [5.41, 5.74) is 5.95. The number of rotatable bonds is 4. The molecule has 2 aliphatic rings. The van der Waals surface area contributed by atoms with Gasteiger partial charge in [0.25, 0.3) is 0 Å². The number of methoxy groups -OCH3 is 1. The molecule has 0 spiro atoms. The van der Waals surface area contributed by atoms with Crippen molar-refractivity contribution in [3.8, 4) is 0 Å². The summed E-state index contributed by atoms with van der Waals surface area (Å²) in [5.74, 6) is 0.643. The van der Waals surface area contributed by atoms with Crippen LogP contribution in [0.3, 0.4) is 0 Å². The Bertz CT molecular complexity index is 331. The molecule has 0 radical (unpaired) electrons. The number of likely N-dealkylation sites (tertiary alicyclic amines) is 1. The Morgan fingerprint density at radius 2 is 2.17 bits per heavy atom.